The van der Waals surface area contributed by atoms with Gasteiger partial charge in [-0.25, -0.2) is 4.79 Å². The molecular formula is C23H28ClN3O5S. The summed E-state index contributed by atoms with van der Waals surface area (Å²) in [7, 11) is 1.80. The topological polar surface area (TPSA) is 79.4 Å². The lowest BCUT2D eigenvalue weighted by Crippen LogP contribution is -2.42. The summed E-state index contributed by atoms with van der Waals surface area (Å²) in [5.41, 5.74) is 1.45. The minimum Gasteiger partial charge on any atom is -0.447 e. The highest BCUT2D eigenvalue weighted by atomic mass is 35.5. The van der Waals surface area contributed by atoms with Crippen molar-refractivity contribution >= 4 is 52.2 Å². The molecule has 0 N–H and O–H groups in total. The molecule has 0 aliphatic carbocycles. The molecule has 4 rings (SSSR count). The quantitative estimate of drug-likeness (QED) is 0.637. The van der Waals surface area contributed by atoms with Crippen molar-refractivity contribution in [2.45, 2.75) is 26.3 Å². The van der Waals surface area contributed by atoms with Crippen molar-refractivity contribution in [3.63, 3.8) is 0 Å². The van der Waals surface area contributed by atoms with Crippen LogP contribution in [0.5, 0.6) is 0 Å². The first kappa shape index (κ1) is 25.0. The summed E-state index contributed by atoms with van der Waals surface area (Å²) < 4.78 is 10.6. The van der Waals surface area contributed by atoms with E-state index in [-0.39, 0.29) is 30.1 Å². The van der Waals surface area contributed by atoms with Gasteiger partial charge in [0.25, 0.3) is 11.8 Å². The molecule has 0 radical (unpaired) electrons. The van der Waals surface area contributed by atoms with Crippen molar-refractivity contribution in [3.05, 3.63) is 45.6 Å². The van der Waals surface area contributed by atoms with Crippen molar-refractivity contribution in [3.8, 4) is 0 Å². The highest BCUT2D eigenvalue weighted by molar-refractivity contribution is 7.17. The normalized spacial score (nSPS) is 16.3. The molecule has 0 unspecified atom stereocenters. The number of rotatable bonds is 3. The second kappa shape index (κ2) is 10.5. The van der Waals surface area contributed by atoms with Gasteiger partial charge in [-0.3, -0.25) is 14.5 Å². The van der Waals surface area contributed by atoms with Gasteiger partial charge in [0.1, 0.15) is 13.2 Å². The van der Waals surface area contributed by atoms with Crippen LogP contribution in [-0.4, -0.2) is 68.3 Å². The van der Waals surface area contributed by atoms with E-state index in [0.717, 1.165) is 11.4 Å². The fourth-order valence-corrected chi connectivity index (χ4v) is 4.15. The third-order valence-electron chi connectivity index (χ3n) is 5.31. The zero-order valence-corrected chi connectivity index (χ0v) is 20.7. The number of benzene rings is 1. The van der Waals surface area contributed by atoms with Gasteiger partial charge in [0.2, 0.25) is 0 Å². The molecule has 2 aliphatic rings. The summed E-state index contributed by atoms with van der Waals surface area (Å²) in [4.78, 5) is 40.7. The maximum atomic E-state index is 11.9. The van der Waals surface area contributed by atoms with Gasteiger partial charge in [0, 0.05) is 30.5 Å². The Morgan fingerprint density at radius 1 is 1.00 bits per heavy atom. The van der Waals surface area contributed by atoms with Crippen molar-refractivity contribution in [1.29, 1.82) is 0 Å². The van der Waals surface area contributed by atoms with E-state index in [2.05, 4.69) is 0 Å². The van der Waals surface area contributed by atoms with E-state index in [0.29, 0.717) is 35.5 Å². The largest absolute Gasteiger partial charge is 0.447 e. The molecule has 2 aliphatic heterocycles. The number of cyclic esters (lactones) is 1. The van der Waals surface area contributed by atoms with Crippen LogP contribution in [0.25, 0.3) is 0 Å². The van der Waals surface area contributed by atoms with Crippen LogP contribution < -0.4 is 9.80 Å². The Morgan fingerprint density at radius 2 is 1.61 bits per heavy atom. The number of morpholine rings is 1. The summed E-state index contributed by atoms with van der Waals surface area (Å²) in [6, 6.07) is 10.8. The molecule has 0 saturated carbocycles. The molecule has 8 nitrogen and oxygen atoms in total. The van der Waals surface area contributed by atoms with E-state index in [1.165, 1.54) is 11.3 Å². The first-order valence-electron chi connectivity index (χ1n) is 10.5. The minimum atomic E-state index is -0.324. The highest BCUT2D eigenvalue weighted by Gasteiger charge is 2.25. The van der Waals surface area contributed by atoms with Crippen LogP contribution in [0.1, 0.15) is 30.4 Å². The molecule has 178 valence electrons. The van der Waals surface area contributed by atoms with E-state index >= 15 is 0 Å². The summed E-state index contributed by atoms with van der Waals surface area (Å²) in [6.45, 7) is 8.22. The number of halogens is 1. The van der Waals surface area contributed by atoms with Crippen molar-refractivity contribution in [2.24, 2.45) is 0 Å². The monoisotopic (exact) mass is 493 g/mol. The molecule has 2 saturated heterocycles. The number of ether oxygens (including phenoxy) is 2. The van der Waals surface area contributed by atoms with Gasteiger partial charge in [-0.1, -0.05) is 11.6 Å². The van der Waals surface area contributed by atoms with Crippen LogP contribution in [0.3, 0.4) is 0 Å². The van der Waals surface area contributed by atoms with Crippen LogP contribution in [-0.2, 0) is 14.3 Å². The number of nitrogens with zero attached hydrogens (tertiary/aromatic N) is 3. The first-order chi connectivity index (χ1) is 15.6. The first-order valence-corrected chi connectivity index (χ1v) is 11.7. The smallest absolute Gasteiger partial charge is 0.414 e. The van der Waals surface area contributed by atoms with Crippen LogP contribution in [0.4, 0.5) is 16.2 Å². The second-order valence-electron chi connectivity index (χ2n) is 8.52. The highest BCUT2D eigenvalue weighted by Crippen LogP contribution is 2.25. The Balaban J connectivity index is 0.000000196. The fourth-order valence-electron chi connectivity index (χ4n) is 3.13. The number of amides is 3. The number of hydrogen-bond donors (Lipinski definition) is 0. The summed E-state index contributed by atoms with van der Waals surface area (Å²) in [6.07, 6.45) is -0.324. The van der Waals surface area contributed by atoms with Gasteiger partial charge in [-0.15, -0.1) is 11.3 Å². The third kappa shape index (κ3) is 6.25. The maximum Gasteiger partial charge on any atom is 0.414 e. The fraction of sp³-hybridized carbons (Fsp3) is 0.435. The molecule has 2 fully saturated rings. The van der Waals surface area contributed by atoms with Crippen molar-refractivity contribution in [2.75, 3.05) is 49.8 Å². The van der Waals surface area contributed by atoms with Gasteiger partial charge >= 0.3 is 6.09 Å². The molecule has 1 aromatic carbocycles. The molecular weight excluding hydrogens is 466 g/mol. The lowest BCUT2D eigenvalue weighted by molar-refractivity contribution is -0.125. The number of carbonyl (C=O) groups excluding carboxylic acids is 3. The lowest BCUT2D eigenvalue weighted by atomic mass is 10.1. The third-order valence-corrected chi connectivity index (χ3v) is 6.53. The molecule has 0 atom stereocenters. The van der Waals surface area contributed by atoms with Gasteiger partial charge < -0.3 is 19.3 Å². The summed E-state index contributed by atoms with van der Waals surface area (Å²) in [5.74, 6) is -0.0195. The van der Waals surface area contributed by atoms with Crippen LogP contribution in [0, 0.1) is 0 Å². The summed E-state index contributed by atoms with van der Waals surface area (Å²) >= 11 is 7.09. The Morgan fingerprint density at radius 3 is 2.09 bits per heavy atom. The molecule has 0 spiro atoms. The van der Waals surface area contributed by atoms with E-state index in [9.17, 15) is 14.4 Å². The molecule has 33 heavy (non-hydrogen) atoms. The molecule has 3 amide bonds. The number of hydrogen-bond acceptors (Lipinski definition) is 6. The number of carbonyl (C=O) groups is 3. The molecule has 0 bridgehead atoms. The van der Waals surface area contributed by atoms with Gasteiger partial charge in [-0.2, -0.15) is 0 Å². The predicted octanol–water partition coefficient (Wildman–Crippen LogP) is 4.28. The van der Waals surface area contributed by atoms with Crippen LogP contribution in [0.2, 0.25) is 4.34 Å². The lowest BCUT2D eigenvalue weighted by Gasteiger charge is -2.31. The van der Waals surface area contributed by atoms with Crippen LogP contribution in [0.15, 0.2) is 36.4 Å². The van der Waals surface area contributed by atoms with E-state index in [4.69, 9.17) is 21.1 Å². The van der Waals surface area contributed by atoms with Gasteiger partial charge in [0.15, 0.2) is 0 Å². The zero-order valence-electron chi connectivity index (χ0n) is 19.2. The Bertz CT molecular complexity index is 1000. The Hall–Kier alpha value is -2.62. The SMILES string of the molecule is CN(C(=O)c1ccc(Cl)s1)C(C)(C)C.O=C1COCCN1c1ccc(N2CCOC2=O)cc1. The van der Waals surface area contributed by atoms with Crippen molar-refractivity contribution in [1.82, 2.24) is 4.90 Å². The van der Waals surface area contributed by atoms with E-state index < -0.39 is 0 Å². The van der Waals surface area contributed by atoms with Gasteiger partial charge in [0.05, 0.1) is 22.4 Å². The minimum absolute atomic E-state index is 0.0226. The van der Waals surface area contributed by atoms with E-state index in [1.54, 1.807) is 33.9 Å². The molecule has 2 aromatic rings. The molecule has 1 aromatic heterocycles. The maximum absolute atomic E-state index is 11.9. The molecule has 3 heterocycles. The van der Waals surface area contributed by atoms with Crippen molar-refractivity contribution < 1.29 is 23.9 Å². The second-order valence-corrected chi connectivity index (χ2v) is 10.2. The standard InChI is InChI=1S/C13H14N2O4.C10H14ClNOS/c16-12-9-18-7-5-14(12)10-1-3-11(4-2-10)15-6-8-19-13(15)17;1-10(2,3)12(4)9(13)7-5-6-8(11)14-7/h1-4H,5-9H2;5-6H,1-4H3. The Kier molecular flexibility index (Phi) is 7.99. The average Bonchev–Trinajstić information content (AvgIpc) is 3.41. The van der Waals surface area contributed by atoms with E-state index in [1.807, 2.05) is 45.0 Å². The number of thiophene rings is 1. The molecule has 10 heteroatoms. The number of anilines is 2. The van der Waals surface area contributed by atoms with Gasteiger partial charge in [-0.05, 0) is 57.2 Å². The summed E-state index contributed by atoms with van der Waals surface area (Å²) in [5, 5.41) is 0. The zero-order chi connectivity index (χ0) is 24.2. The Labute approximate surface area is 202 Å². The van der Waals surface area contributed by atoms with Crippen LogP contribution >= 0.6 is 22.9 Å². The average molecular weight is 494 g/mol. The predicted molar refractivity (Wildman–Crippen MR) is 129 cm³/mol.